The third-order valence-corrected chi connectivity index (χ3v) is 1.81. The molecule has 68 valence electrons. The third-order valence-electron chi connectivity index (χ3n) is 1.81. The number of aryl methyl sites for hydroxylation is 2. The topological polar surface area (TPSA) is 73.8 Å². The summed E-state index contributed by atoms with van der Waals surface area (Å²) in [7, 11) is 1.72. The summed E-state index contributed by atoms with van der Waals surface area (Å²) in [6.45, 7) is 1.95. The van der Waals surface area contributed by atoms with E-state index < -0.39 is 5.76 Å². The van der Waals surface area contributed by atoms with E-state index in [1.165, 1.54) is 4.68 Å². The van der Waals surface area contributed by atoms with Gasteiger partial charge < -0.3 is 0 Å². The zero-order valence-corrected chi connectivity index (χ0v) is 7.31. The van der Waals surface area contributed by atoms with Gasteiger partial charge in [0.25, 0.3) is 0 Å². The zero-order valence-electron chi connectivity index (χ0n) is 7.31. The first-order chi connectivity index (χ1) is 6.22. The number of hydrogen-bond donors (Lipinski definition) is 0. The van der Waals surface area contributed by atoms with E-state index in [0.29, 0.717) is 11.2 Å². The van der Waals surface area contributed by atoms with Gasteiger partial charge in [-0.05, 0) is 6.42 Å². The van der Waals surface area contributed by atoms with Gasteiger partial charge in [-0.15, -0.1) is 0 Å². The van der Waals surface area contributed by atoms with E-state index in [0.717, 1.165) is 12.1 Å². The fourth-order valence-corrected chi connectivity index (χ4v) is 1.21. The lowest BCUT2D eigenvalue weighted by Gasteiger charge is -1.86. The van der Waals surface area contributed by atoms with Crippen molar-refractivity contribution in [3.8, 4) is 0 Å². The summed E-state index contributed by atoms with van der Waals surface area (Å²) in [6, 6.07) is 0. The Bertz CT molecular complexity index is 499. The van der Waals surface area contributed by atoms with Gasteiger partial charge in [0.1, 0.15) is 0 Å². The summed E-state index contributed by atoms with van der Waals surface area (Å²) in [6.07, 6.45) is 0.736. The number of rotatable bonds is 1. The molecule has 2 aromatic rings. The van der Waals surface area contributed by atoms with Crippen LogP contribution >= 0.6 is 0 Å². The minimum absolute atomic E-state index is 0.466. The molecule has 0 saturated carbocycles. The maximum atomic E-state index is 10.8. The largest absolute Gasteiger partial charge is 0.461 e. The molecule has 0 saturated heterocycles. The minimum Gasteiger partial charge on any atom is -0.296 e. The van der Waals surface area contributed by atoms with E-state index in [-0.39, 0.29) is 0 Å². The van der Waals surface area contributed by atoms with Crippen molar-refractivity contribution in [3.63, 3.8) is 0 Å². The second kappa shape index (κ2) is 2.65. The van der Waals surface area contributed by atoms with Crippen molar-refractivity contribution in [2.24, 2.45) is 7.05 Å². The van der Waals surface area contributed by atoms with Crippen LogP contribution in [0.1, 0.15) is 12.6 Å². The molecule has 0 unspecified atom stereocenters. The van der Waals surface area contributed by atoms with E-state index in [4.69, 9.17) is 0 Å². The molecule has 0 amide bonds. The van der Waals surface area contributed by atoms with Crippen LogP contribution in [0.4, 0.5) is 0 Å². The van der Waals surface area contributed by atoms with Crippen LogP contribution in [0.2, 0.25) is 0 Å². The first kappa shape index (κ1) is 7.90. The van der Waals surface area contributed by atoms with Gasteiger partial charge in [0.05, 0.1) is 5.69 Å². The van der Waals surface area contributed by atoms with Crippen molar-refractivity contribution < 1.29 is 4.52 Å². The standard InChI is InChI=1S/C7H8N4O2/c1-3-4-5-6(11(2)9-4)8-7(12)13-10-5/h3H2,1-2H3. The summed E-state index contributed by atoms with van der Waals surface area (Å²) < 4.78 is 5.95. The van der Waals surface area contributed by atoms with Gasteiger partial charge in [0.2, 0.25) is 0 Å². The van der Waals surface area contributed by atoms with Crippen LogP contribution < -0.4 is 5.76 Å². The lowest BCUT2D eigenvalue weighted by molar-refractivity contribution is 0.363. The Kier molecular flexibility index (Phi) is 1.61. The predicted molar refractivity (Wildman–Crippen MR) is 44.2 cm³/mol. The molecule has 0 fully saturated rings. The lowest BCUT2D eigenvalue weighted by atomic mass is 10.3. The Morgan fingerprint density at radius 1 is 1.54 bits per heavy atom. The number of nitrogens with zero attached hydrogens (tertiary/aromatic N) is 4. The summed E-state index contributed by atoms with van der Waals surface area (Å²) >= 11 is 0. The first-order valence-corrected chi connectivity index (χ1v) is 3.92. The number of hydrogen-bond acceptors (Lipinski definition) is 5. The summed E-state index contributed by atoms with van der Waals surface area (Å²) in [5, 5.41) is 7.78. The van der Waals surface area contributed by atoms with Crippen LogP contribution in [-0.2, 0) is 13.5 Å². The highest BCUT2D eigenvalue weighted by molar-refractivity contribution is 5.71. The molecule has 6 heteroatoms. The summed E-state index contributed by atoms with van der Waals surface area (Å²) in [4.78, 5) is 14.4. The fraction of sp³-hybridized carbons (Fsp3) is 0.429. The van der Waals surface area contributed by atoms with Crippen LogP contribution in [0.3, 0.4) is 0 Å². The van der Waals surface area contributed by atoms with Crippen molar-refractivity contribution in [2.45, 2.75) is 13.3 Å². The van der Waals surface area contributed by atoms with E-state index in [1.807, 2.05) is 6.92 Å². The second-order valence-corrected chi connectivity index (χ2v) is 2.66. The molecular formula is C7H8N4O2. The molecule has 0 atom stereocenters. The highest BCUT2D eigenvalue weighted by atomic mass is 16.5. The van der Waals surface area contributed by atoms with Crippen LogP contribution in [0.25, 0.3) is 11.2 Å². The molecule has 2 heterocycles. The van der Waals surface area contributed by atoms with Gasteiger partial charge in [-0.3, -0.25) is 4.52 Å². The van der Waals surface area contributed by atoms with Gasteiger partial charge in [-0.1, -0.05) is 12.1 Å². The van der Waals surface area contributed by atoms with Crippen molar-refractivity contribution in [2.75, 3.05) is 0 Å². The molecule has 13 heavy (non-hydrogen) atoms. The Morgan fingerprint density at radius 2 is 2.31 bits per heavy atom. The molecule has 6 nitrogen and oxygen atoms in total. The Morgan fingerprint density at radius 3 is 3.00 bits per heavy atom. The summed E-state index contributed by atoms with van der Waals surface area (Å²) in [5.41, 5.74) is 1.81. The molecule has 2 rings (SSSR count). The zero-order chi connectivity index (χ0) is 9.42. The van der Waals surface area contributed by atoms with Gasteiger partial charge in [-0.25, -0.2) is 9.48 Å². The maximum Gasteiger partial charge on any atom is 0.461 e. The highest BCUT2D eigenvalue weighted by Crippen LogP contribution is 2.10. The average Bonchev–Trinajstić information content (AvgIpc) is 2.43. The molecule has 0 aliphatic rings. The third kappa shape index (κ3) is 1.10. The molecule has 0 N–H and O–H groups in total. The van der Waals surface area contributed by atoms with E-state index in [1.54, 1.807) is 7.05 Å². The molecule has 0 aliphatic carbocycles. The normalized spacial score (nSPS) is 10.9. The second-order valence-electron chi connectivity index (χ2n) is 2.66. The summed E-state index contributed by atoms with van der Waals surface area (Å²) in [5.74, 6) is -0.696. The van der Waals surface area contributed by atoms with E-state index in [9.17, 15) is 4.79 Å². The smallest absolute Gasteiger partial charge is 0.296 e. The SMILES string of the molecule is CCc1nn(C)c2nc(=O)onc12. The highest BCUT2D eigenvalue weighted by Gasteiger charge is 2.10. The lowest BCUT2D eigenvalue weighted by Crippen LogP contribution is -2.06. The van der Waals surface area contributed by atoms with Crippen LogP contribution in [0.5, 0.6) is 0 Å². The molecule has 0 bridgehead atoms. The molecule has 0 aliphatic heterocycles. The van der Waals surface area contributed by atoms with Crippen LogP contribution in [0, 0.1) is 0 Å². The number of aromatic nitrogens is 4. The van der Waals surface area contributed by atoms with Crippen molar-refractivity contribution in [1.29, 1.82) is 0 Å². The van der Waals surface area contributed by atoms with Crippen LogP contribution in [0.15, 0.2) is 9.32 Å². The maximum absolute atomic E-state index is 10.8. The Labute approximate surface area is 73.2 Å². The molecule has 0 spiro atoms. The van der Waals surface area contributed by atoms with E-state index in [2.05, 4.69) is 19.8 Å². The number of fused-ring (bicyclic) bond motifs is 1. The van der Waals surface area contributed by atoms with Gasteiger partial charge in [0.15, 0.2) is 11.2 Å². The molecular weight excluding hydrogens is 172 g/mol. The molecule has 0 aromatic carbocycles. The molecule has 0 radical (unpaired) electrons. The van der Waals surface area contributed by atoms with Gasteiger partial charge >= 0.3 is 5.76 Å². The van der Waals surface area contributed by atoms with Gasteiger partial charge in [0, 0.05) is 7.05 Å². The van der Waals surface area contributed by atoms with Crippen molar-refractivity contribution in [1.82, 2.24) is 19.9 Å². The van der Waals surface area contributed by atoms with Crippen molar-refractivity contribution >= 4 is 11.2 Å². The fourth-order valence-electron chi connectivity index (χ4n) is 1.21. The molecule has 2 aromatic heterocycles. The first-order valence-electron chi connectivity index (χ1n) is 3.92. The predicted octanol–water partition coefficient (Wildman–Crippen LogP) is -0.121. The van der Waals surface area contributed by atoms with Gasteiger partial charge in [-0.2, -0.15) is 10.1 Å². The minimum atomic E-state index is -0.696. The Hall–Kier alpha value is -1.72. The quantitative estimate of drug-likeness (QED) is 0.611. The average molecular weight is 180 g/mol. The van der Waals surface area contributed by atoms with Crippen LogP contribution in [-0.4, -0.2) is 19.9 Å². The Balaban J connectivity index is 2.88. The monoisotopic (exact) mass is 180 g/mol. The van der Waals surface area contributed by atoms with E-state index >= 15 is 0 Å². The van der Waals surface area contributed by atoms with Crippen molar-refractivity contribution in [3.05, 3.63) is 16.2 Å².